The number of piperidine rings is 1. The lowest BCUT2D eigenvalue weighted by atomic mass is 9.86. The first-order valence-corrected chi connectivity index (χ1v) is 9.86. The van der Waals surface area contributed by atoms with Gasteiger partial charge in [-0.3, -0.25) is 4.79 Å². The number of hydrogen-bond acceptors (Lipinski definition) is 3. The van der Waals surface area contributed by atoms with Crippen molar-refractivity contribution in [1.29, 1.82) is 0 Å². The van der Waals surface area contributed by atoms with Gasteiger partial charge in [-0.2, -0.15) is 26.3 Å². The van der Waals surface area contributed by atoms with Crippen molar-refractivity contribution >= 4 is 11.6 Å². The van der Waals surface area contributed by atoms with E-state index in [1.165, 1.54) is 17.0 Å². The lowest BCUT2D eigenvalue weighted by Crippen LogP contribution is -2.50. The molecule has 2 heterocycles. The third kappa shape index (κ3) is 4.44. The van der Waals surface area contributed by atoms with Gasteiger partial charge in [0.15, 0.2) is 5.60 Å². The number of halogens is 6. The fraction of sp³-hybridized carbons (Fsp3) is 0.364. The Hall–Kier alpha value is -3.04. The maximum Gasteiger partial charge on any atom is 0.416 e. The van der Waals surface area contributed by atoms with Crippen molar-refractivity contribution in [3.05, 3.63) is 70.8 Å². The number of carbonyl (C=O) groups excluding carboxylic acids is 1. The van der Waals surface area contributed by atoms with Crippen LogP contribution in [0.4, 0.5) is 26.3 Å². The van der Waals surface area contributed by atoms with Gasteiger partial charge in [-0.15, -0.1) is 0 Å². The van der Waals surface area contributed by atoms with E-state index in [1.807, 2.05) is 0 Å². The molecule has 2 aliphatic heterocycles. The SMILES string of the molecule is O=C(c1ccc(C(F)(F)F)cc1)N1CCCC2(CC(c3cccc(C(F)(F)F)c3)=NO2)C1. The third-order valence-electron chi connectivity index (χ3n) is 5.65. The molecule has 0 aliphatic carbocycles. The molecule has 170 valence electrons. The Morgan fingerprint density at radius 2 is 1.66 bits per heavy atom. The van der Waals surface area contributed by atoms with E-state index in [4.69, 9.17) is 4.84 Å². The maximum atomic E-state index is 13.0. The lowest BCUT2D eigenvalue weighted by molar-refractivity contribution is -0.138. The van der Waals surface area contributed by atoms with Gasteiger partial charge in [0.1, 0.15) is 0 Å². The topological polar surface area (TPSA) is 41.9 Å². The van der Waals surface area contributed by atoms with Crippen molar-refractivity contribution < 1.29 is 36.0 Å². The summed E-state index contributed by atoms with van der Waals surface area (Å²) in [5.41, 5.74) is -1.73. The van der Waals surface area contributed by atoms with Crippen LogP contribution in [0, 0.1) is 0 Å². The van der Waals surface area contributed by atoms with Gasteiger partial charge in [-0.25, -0.2) is 0 Å². The molecule has 0 saturated carbocycles. The molecular weight excluding hydrogens is 438 g/mol. The van der Waals surface area contributed by atoms with Gasteiger partial charge in [0.2, 0.25) is 0 Å². The average molecular weight is 456 g/mol. The summed E-state index contributed by atoms with van der Waals surface area (Å²) in [6, 6.07) is 8.77. The highest BCUT2D eigenvalue weighted by Gasteiger charge is 2.45. The Morgan fingerprint density at radius 1 is 0.969 bits per heavy atom. The van der Waals surface area contributed by atoms with Gasteiger partial charge in [-0.1, -0.05) is 17.3 Å². The molecule has 10 heteroatoms. The molecule has 1 amide bonds. The summed E-state index contributed by atoms with van der Waals surface area (Å²) in [5, 5.41) is 4.00. The molecule has 0 aromatic heterocycles. The summed E-state index contributed by atoms with van der Waals surface area (Å²) in [6.07, 6.45) is -7.63. The molecule has 32 heavy (non-hydrogen) atoms. The first kappa shape index (κ1) is 22.2. The van der Waals surface area contributed by atoms with E-state index >= 15 is 0 Å². The number of amides is 1. The Kier molecular flexibility index (Phi) is 5.42. The van der Waals surface area contributed by atoms with Gasteiger partial charge >= 0.3 is 12.4 Å². The van der Waals surface area contributed by atoms with Gasteiger partial charge < -0.3 is 9.74 Å². The van der Waals surface area contributed by atoms with E-state index in [2.05, 4.69) is 5.16 Å². The van der Waals surface area contributed by atoms with Crippen LogP contribution in [0.2, 0.25) is 0 Å². The fourth-order valence-corrected chi connectivity index (χ4v) is 4.03. The number of oxime groups is 1. The highest BCUT2D eigenvalue weighted by molar-refractivity contribution is 6.02. The number of hydrogen-bond donors (Lipinski definition) is 0. The van der Waals surface area contributed by atoms with Crippen LogP contribution in [-0.4, -0.2) is 35.2 Å². The minimum absolute atomic E-state index is 0.118. The zero-order valence-corrected chi connectivity index (χ0v) is 16.6. The van der Waals surface area contributed by atoms with Gasteiger partial charge in [0.25, 0.3) is 5.91 Å². The second-order valence-electron chi connectivity index (χ2n) is 7.97. The minimum Gasteiger partial charge on any atom is -0.387 e. The van der Waals surface area contributed by atoms with E-state index in [1.54, 1.807) is 0 Å². The van der Waals surface area contributed by atoms with Crippen LogP contribution in [0.1, 0.15) is 46.3 Å². The molecule has 0 bridgehead atoms. The number of likely N-dealkylation sites (tertiary alicyclic amines) is 1. The van der Waals surface area contributed by atoms with Crippen LogP contribution in [0.5, 0.6) is 0 Å². The molecule has 1 saturated heterocycles. The average Bonchev–Trinajstić information content (AvgIpc) is 3.15. The number of benzene rings is 2. The van der Waals surface area contributed by atoms with E-state index in [-0.39, 0.29) is 18.5 Å². The normalized spacial score (nSPS) is 21.4. The van der Waals surface area contributed by atoms with Crippen LogP contribution >= 0.6 is 0 Å². The van der Waals surface area contributed by atoms with Gasteiger partial charge in [0, 0.05) is 24.1 Å². The standard InChI is InChI=1S/C22H18F6N2O2/c23-21(24,25)16-7-5-14(6-8-16)19(31)30-10-2-9-20(13-30)12-18(29-32-20)15-3-1-4-17(11-15)22(26,27)28/h1,3-8,11H,2,9-10,12-13H2. The number of rotatable bonds is 2. The molecule has 0 radical (unpaired) electrons. The number of alkyl halides is 6. The second kappa shape index (κ2) is 7.83. The van der Waals surface area contributed by atoms with Crippen LogP contribution in [-0.2, 0) is 17.2 Å². The molecule has 2 aromatic rings. The van der Waals surface area contributed by atoms with Gasteiger partial charge in [-0.05, 0) is 49.2 Å². The minimum atomic E-state index is -4.49. The molecule has 4 nitrogen and oxygen atoms in total. The fourth-order valence-electron chi connectivity index (χ4n) is 4.03. The zero-order valence-electron chi connectivity index (χ0n) is 16.6. The van der Waals surface area contributed by atoms with Crippen molar-refractivity contribution in [2.75, 3.05) is 13.1 Å². The van der Waals surface area contributed by atoms with E-state index in [0.717, 1.165) is 36.4 Å². The Labute approximate surface area is 179 Å². The first-order valence-electron chi connectivity index (χ1n) is 9.86. The van der Waals surface area contributed by atoms with Crippen LogP contribution in [0.3, 0.4) is 0 Å². The first-order chi connectivity index (χ1) is 15.0. The quantitative estimate of drug-likeness (QED) is 0.559. The molecule has 1 spiro atoms. The molecule has 1 unspecified atom stereocenters. The summed E-state index contributed by atoms with van der Waals surface area (Å²) in [6.45, 7) is 0.530. The largest absolute Gasteiger partial charge is 0.416 e. The summed E-state index contributed by atoms with van der Waals surface area (Å²) in [7, 11) is 0. The van der Waals surface area contributed by atoms with Crippen molar-refractivity contribution in [2.45, 2.75) is 37.2 Å². The predicted molar refractivity (Wildman–Crippen MR) is 103 cm³/mol. The van der Waals surface area contributed by atoms with Crippen LogP contribution in [0.15, 0.2) is 53.7 Å². The van der Waals surface area contributed by atoms with Crippen molar-refractivity contribution in [2.24, 2.45) is 5.16 Å². The third-order valence-corrected chi connectivity index (χ3v) is 5.65. The molecule has 4 rings (SSSR count). The number of nitrogens with zero attached hydrogens (tertiary/aromatic N) is 2. The maximum absolute atomic E-state index is 13.0. The zero-order chi connectivity index (χ0) is 23.1. The summed E-state index contributed by atoms with van der Waals surface area (Å²) in [4.78, 5) is 19.9. The van der Waals surface area contributed by atoms with Crippen LogP contribution in [0.25, 0.3) is 0 Å². The van der Waals surface area contributed by atoms with Gasteiger partial charge in [0.05, 0.1) is 23.4 Å². The second-order valence-corrected chi connectivity index (χ2v) is 7.97. The molecule has 1 atom stereocenters. The Morgan fingerprint density at radius 3 is 2.31 bits per heavy atom. The summed E-state index contributed by atoms with van der Waals surface area (Å²) < 4.78 is 77.3. The molecular formula is C22H18F6N2O2. The smallest absolute Gasteiger partial charge is 0.387 e. The molecule has 2 aromatic carbocycles. The summed E-state index contributed by atoms with van der Waals surface area (Å²) >= 11 is 0. The highest BCUT2D eigenvalue weighted by Crippen LogP contribution is 2.37. The Bertz CT molecular complexity index is 1050. The van der Waals surface area contributed by atoms with Crippen LogP contribution < -0.4 is 0 Å². The summed E-state index contributed by atoms with van der Waals surface area (Å²) in [5.74, 6) is -0.436. The highest BCUT2D eigenvalue weighted by atomic mass is 19.4. The molecule has 1 fully saturated rings. The number of carbonyl (C=O) groups is 1. The van der Waals surface area contributed by atoms with E-state index in [9.17, 15) is 31.1 Å². The van der Waals surface area contributed by atoms with Crippen molar-refractivity contribution in [3.8, 4) is 0 Å². The lowest BCUT2D eigenvalue weighted by Gasteiger charge is -2.38. The van der Waals surface area contributed by atoms with Crippen molar-refractivity contribution in [1.82, 2.24) is 4.90 Å². The molecule has 2 aliphatic rings. The Balaban J connectivity index is 1.47. The van der Waals surface area contributed by atoms with Crippen molar-refractivity contribution in [3.63, 3.8) is 0 Å². The monoisotopic (exact) mass is 456 g/mol. The predicted octanol–water partition coefficient (Wildman–Crippen LogP) is 5.52. The molecule has 0 N–H and O–H groups in total. The van der Waals surface area contributed by atoms with E-state index < -0.39 is 35.0 Å². The van der Waals surface area contributed by atoms with E-state index in [0.29, 0.717) is 30.7 Å².